The van der Waals surface area contributed by atoms with Gasteiger partial charge >= 0.3 is 5.97 Å². The molecular weight excluding hydrogens is 389 g/mol. The highest BCUT2D eigenvalue weighted by Gasteiger charge is 2.38. The Labute approximate surface area is 185 Å². The summed E-state index contributed by atoms with van der Waals surface area (Å²) in [4.78, 5) is 13.5. The van der Waals surface area contributed by atoms with Gasteiger partial charge < -0.3 is 10.0 Å². The van der Waals surface area contributed by atoms with E-state index >= 15 is 0 Å². The molecule has 0 bridgehead atoms. The molecule has 2 aromatic carbocycles. The summed E-state index contributed by atoms with van der Waals surface area (Å²) in [5.74, 6) is -1.33. The number of halogens is 1. The summed E-state index contributed by atoms with van der Waals surface area (Å²) in [6.45, 7) is 6.82. The lowest BCUT2D eigenvalue weighted by Crippen LogP contribution is -2.46. The van der Waals surface area contributed by atoms with Crippen molar-refractivity contribution < 1.29 is 14.3 Å². The van der Waals surface area contributed by atoms with Crippen molar-refractivity contribution in [2.75, 3.05) is 11.9 Å². The molecule has 1 heterocycles. The van der Waals surface area contributed by atoms with Gasteiger partial charge in [0.25, 0.3) is 0 Å². The van der Waals surface area contributed by atoms with Gasteiger partial charge in [-0.05, 0) is 47.9 Å². The van der Waals surface area contributed by atoms with Gasteiger partial charge in [0.05, 0.1) is 5.56 Å². The van der Waals surface area contributed by atoms with Crippen LogP contribution in [-0.2, 0) is 5.41 Å². The largest absolute Gasteiger partial charge is 0.478 e. The number of anilines is 1. The lowest BCUT2D eigenvalue weighted by atomic mass is 9.71. The van der Waals surface area contributed by atoms with Crippen molar-refractivity contribution in [3.8, 4) is 0 Å². The Morgan fingerprint density at radius 2 is 2.00 bits per heavy atom. The minimum atomic E-state index is -1.11. The predicted molar refractivity (Wildman–Crippen MR) is 126 cm³/mol. The maximum Gasteiger partial charge on any atom is 0.335 e. The van der Waals surface area contributed by atoms with Gasteiger partial charge in [-0.15, -0.1) is 0 Å². The lowest BCUT2D eigenvalue weighted by Gasteiger charge is -2.47. The summed E-state index contributed by atoms with van der Waals surface area (Å²) < 4.78 is 14.5. The lowest BCUT2D eigenvalue weighted by molar-refractivity contribution is 0.0696. The van der Waals surface area contributed by atoms with Gasteiger partial charge in [-0.25, -0.2) is 9.18 Å². The zero-order chi connectivity index (χ0) is 22.6. The van der Waals surface area contributed by atoms with Gasteiger partial charge in [-0.2, -0.15) is 0 Å². The summed E-state index contributed by atoms with van der Waals surface area (Å²) >= 11 is 0. The molecule has 0 aromatic heterocycles. The molecule has 2 unspecified atom stereocenters. The fourth-order valence-corrected chi connectivity index (χ4v) is 4.81. The number of unbranched alkanes of at least 4 members (excludes halogenated alkanes) is 2. The van der Waals surface area contributed by atoms with Crippen LogP contribution >= 0.6 is 0 Å². The minimum absolute atomic E-state index is 0.0282. The Morgan fingerprint density at radius 1 is 1.26 bits per heavy atom. The molecule has 1 aliphatic heterocycles. The Balaban J connectivity index is 1.91. The van der Waals surface area contributed by atoms with Gasteiger partial charge in [-0.1, -0.05) is 76.5 Å². The molecule has 3 rings (SSSR count). The number of carboxylic acid groups (broad SMARTS) is 1. The average Bonchev–Trinajstić information content (AvgIpc) is 2.74. The first-order chi connectivity index (χ1) is 14.7. The summed E-state index contributed by atoms with van der Waals surface area (Å²) in [6.07, 6.45) is 9.53. The van der Waals surface area contributed by atoms with E-state index in [9.17, 15) is 9.18 Å². The van der Waals surface area contributed by atoms with Crippen LogP contribution < -0.4 is 4.90 Å². The van der Waals surface area contributed by atoms with Gasteiger partial charge in [0.2, 0.25) is 0 Å². The summed E-state index contributed by atoms with van der Waals surface area (Å²) in [7, 11) is 2.17. The maximum absolute atomic E-state index is 14.5. The molecule has 166 valence electrons. The van der Waals surface area contributed by atoms with E-state index in [4.69, 9.17) is 5.11 Å². The molecular formula is C27H34FNO2. The van der Waals surface area contributed by atoms with Crippen molar-refractivity contribution in [1.29, 1.82) is 0 Å². The molecule has 31 heavy (non-hydrogen) atoms. The molecule has 0 saturated heterocycles. The van der Waals surface area contributed by atoms with Gasteiger partial charge in [0, 0.05) is 24.3 Å². The molecule has 0 fully saturated rings. The molecule has 2 atom stereocenters. The molecule has 0 aliphatic carbocycles. The number of benzene rings is 2. The standard InChI is InChI=1S/C27H34FNO2/c1-5-6-7-10-20(15-13-19-14-16-21(26(30)31)17-23(19)28)25-18-27(2,3)22-11-8-9-12-24(22)29(25)4/h8-9,11-17,20,25H,5-7,10,18H2,1-4H3,(H,30,31). The molecule has 0 spiro atoms. The highest BCUT2D eigenvalue weighted by atomic mass is 19.1. The van der Waals surface area contributed by atoms with Gasteiger partial charge in [0.15, 0.2) is 0 Å². The van der Waals surface area contributed by atoms with E-state index in [0.717, 1.165) is 31.7 Å². The van der Waals surface area contributed by atoms with E-state index in [2.05, 4.69) is 63.1 Å². The topological polar surface area (TPSA) is 40.5 Å². The number of carboxylic acids is 1. The van der Waals surface area contributed by atoms with E-state index in [0.29, 0.717) is 11.6 Å². The Hall–Kier alpha value is -2.62. The molecule has 4 heteroatoms. The summed E-state index contributed by atoms with van der Waals surface area (Å²) in [5.41, 5.74) is 3.12. The van der Waals surface area contributed by atoms with E-state index in [1.807, 2.05) is 6.08 Å². The minimum Gasteiger partial charge on any atom is -0.478 e. The summed E-state index contributed by atoms with van der Waals surface area (Å²) in [5, 5.41) is 9.08. The number of fused-ring (bicyclic) bond motifs is 1. The molecule has 0 amide bonds. The van der Waals surface area contributed by atoms with Crippen molar-refractivity contribution in [1.82, 2.24) is 0 Å². The van der Waals surface area contributed by atoms with E-state index in [1.165, 1.54) is 23.7 Å². The average molecular weight is 424 g/mol. The second-order valence-electron chi connectivity index (χ2n) is 9.34. The normalized spacial score (nSPS) is 18.7. The van der Waals surface area contributed by atoms with Crippen molar-refractivity contribution in [2.45, 2.75) is 64.3 Å². The first kappa shape index (κ1) is 23.1. The quantitative estimate of drug-likeness (QED) is 0.469. The van der Waals surface area contributed by atoms with Crippen LogP contribution in [0.4, 0.5) is 10.1 Å². The van der Waals surface area contributed by atoms with Crippen LogP contribution in [0.5, 0.6) is 0 Å². The maximum atomic E-state index is 14.5. The fourth-order valence-electron chi connectivity index (χ4n) is 4.81. The summed E-state index contributed by atoms with van der Waals surface area (Å²) in [6, 6.07) is 13.1. The molecule has 3 nitrogen and oxygen atoms in total. The number of para-hydroxylation sites is 1. The van der Waals surface area contributed by atoms with Gasteiger partial charge in [-0.3, -0.25) is 0 Å². The molecule has 1 aliphatic rings. The fraction of sp³-hybridized carbons (Fsp3) is 0.444. The predicted octanol–water partition coefficient (Wildman–Crippen LogP) is 6.92. The van der Waals surface area contributed by atoms with Crippen molar-refractivity contribution in [2.24, 2.45) is 5.92 Å². The third-order valence-electron chi connectivity index (χ3n) is 6.64. The second kappa shape index (κ2) is 9.67. The van der Waals surface area contributed by atoms with Crippen molar-refractivity contribution in [3.05, 3.63) is 71.0 Å². The van der Waals surface area contributed by atoms with Crippen LogP contribution in [0.1, 0.15) is 74.4 Å². The first-order valence-electron chi connectivity index (χ1n) is 11.3. The monoisotopic (exact) mass is 423 g/mol. The van der Waals surface area contributed by atoms with Crippen molar-refractivity contribution in [3.63, 3.8) is 0 Å². The van der Waals surface area contributed by atoms with Crippen LogP contribution in [0.25, 0.3) is 6.08 Å². The van der Waals surface area contributed by atoms with Crippen LogP contribution in [0.3, 0.4) is 0 Å². The molecule has 0 saturated carbocycles. The molecule has 0 radical (unpaired) electrons. The van der Waals surface area contributed by atoms with Crippen LogP contribution in [-0.4, -0.2) is 24.2 Å². The SMILES string of the molecule is CCCCCC(C=Cc1ccc(C(=O)O)cc1F)C1CC(C)(C)c2ccccc2N1C. The zero-order valence-corrected chi connectivity index (χ0v) is 19.1. The smallest absolute Gasteiger partial charge is 0.335 e. The third-order valence-corrected chi connectivity index (χ3v) is 6.64. The number of nitrogens with zero attached hydrogens (tertiary/aromatic N) is 1. The number of carbonyl (C=O) groups is 1. The third kappa shape index (κ3) is 5.17. The Morgan fingerprint density at radius 3 is 2.68 bits per heavy atom. The van der Waals surface area contributed by atoms with E-state index in [-0.39, 0.29) is 16.9 Å². The number of hydrogen-bond donors (Lipinski definition) is 1. The van der Waals surface area contributed by atoms with E-state index in [1.54, 1.807) is 6.07 Å². The van der Waals surface area contributed by atoms with Crippen LogP contribution in [0.15, 0.2) is 48.5 Å². The van der Waals surface area contributed by atoms with Crippen molar-refractivity contribution >= 4 is 17.7 Å². The highest BCUT2D eigenvalue weighted by molar-refractivity contribution is 5.87. The van der Waals surface area contributed by atoms with Crippen LogP contribution in [0, 0.1) is 11.7 Å². The molecule has 2 aromatic rings. The number of aromatic carboxylic acids is 1. The van der Waals surface area contributed by atoms with E-state index < -0.39 is 11.8 Å². The van der Waals surface area contributed by atoms with Gasteiger partial charge in [0.1, 0.15) is 5.82 Å². The number of rotatable bonds is 8. The zero-order valence-electron chi connectivity index (χ0n) is 19.1. The Kier molecular flexibility index (Phi) is 7.19. The highest BCUT2D eigenvalue weighted by Crippen LogP contribution is 2.44. The second-order valence-corrected chi connectivity index (χ2v) is 9.34. The molecule has 1 N–H and O–H groups in total. The Bertz CT molecular complexity index is 950. The number of hydrogen-bond acceptors (Lipinski definition) is 2. The van der Waals surface area contributed by atoms with Crippen LogP contribution in [0.2, 0.25) is 0 Å². The first-order valence-corrected chi connectivity index (χ1v) is 11.3.